The molecule has 110 valence electrons. The van der Waals surface area contributed by atoms with E-state index >= 15 is 0 Å². The van der Waals surface area contributed by atoms with Gasteiger partial charge < -0.3 is 9.64 Å². The van der Waals surface area contributed by atoms with Crippen molar-refractivity contribution >= 4 is 17.6 Å². The zero-order chi connectivity index (χ0) is 13.8. The second-order valence-electron chi connectivity index (χ2n) is 4.00. The molecule has 2 heterocycles. The van der Waals surface area contributed by atoms with Crippen LogP contribution in [0.1, 0.15) is 13.0 Å². The van der Waals surface area contributed by atoms with Gasteiger partial charge in [0.05, 0.1) is 12.2 Å². The van der Waals surface area contributed by atoms with E-state index in [0.29, 0.717) is 10.9 Å². The van der Waals surface area contributed by atoms with Gasteiger partial charge in [0, 0.05) is 18.8 Å². The van der Waals surface area contributed by atoms with Gasteiger partial charge in [0.1, 0.15) is 11.8 Å². The maximum atomic E-state index is 12.6. The Labute approximate surface area is 121 Å². The molecule has 0 fully saturated rings. The molecule has 0 radical (unpaired) electrons. The lowest BCUT2D eigenvalue weighted by Gasteiger charge is -2.24. The summed E-state index contributed by atoms with van der Waals surface area (Å²) in [4.78, 5) is 16.3. The monoisotopic (exact) mass is 304 g/mol. The average molecular weight is 305 g/mol. The molecule has 0 N–H and O–H groups in total. The Bertz CT molecular complexity index is 492. The number of pyridine rings is 1. The summed E-state index contributed by atoms with van der Waals surface area (Å²) >= 11 is 5.66. The molecule has 0 saturated heterocycles. The molecule has 0 saturated carbocycles. The van der Waals surface area contributed by atoms with Gasteiger partial charge in [-0.25, -0.2) is 18.6 Å². The lowest BCUT2D eigenvalue weighted by molar-refractivity contribution is -0.135. The number of carbonyl (C=O) groups excluding carboxylic acids is 1. The first-order chi connectivity index (χ1) is 9.04. The van der Waals surface area contributed by atoms with E-state index < -0.39 is 18.9 Å². The molecule has 0 amide bonds. The van der Waals surface area contributed by atoms with E-state index in [4.69, 9.17) is 16.3 Å². The minimum atomic E-state index is -2.50. The van der Waals surface area contributed by atoms with Crippen molar-refractivity contribution in [2.45, 2.75) is 20.4 Å². The van der Waals surface area contributed by atoms with Crippen molar-refractivity contribution in [3.63, 3.8) is 0 Å². The highest BCUT2D eigenvalue weighted by Crippen LogP contribution is 2.17. The highest BCUT2D eigenvalue weighted by atomic mass is 35.5. The van der Waals surface area contributed by atoms with Gasteiger partial charge in [-0.1, -0.05) is 25.1 Å². The molecule has 1 aliphatic rings. The molecule has 1 aromatic rings. The summed E-state index contributed by atoms with van der Waals surface area (Å²) in [6.45, 7) is -0.228. The van der Waals surface area contributed by atoms with Crippen molar-refractivity contribution in [1.82, 2.24) is 9.88 Å². The molecule has 0 spiro atoms. The van der Waals surface area contributed by atoms with Gasteiger partial charge in [0.15, 0.2) is 0 Å². The van der Waals surface area contributed by atoms with Gasteiger partial charge in [-0.2, -0.15) is 0 Å². The van der Waals surface area contributed by atoms with Crippen LogP contribution in [0.25, 0.3) is 0 Å². The summed E-state index contributed by atoms with van der Waals surface area (Å²) in [7, 11) is 0. The fourth-order valence-electron chi connectivity index (χ4n) is 1.72. The highest BCUT2D eigenvalue weighted by Gasteiger charge is 2.22. The number of esters is 1. The van der Waals surface area contributed by atoms with Crippen LogP contribution in [0, 0.1) is 0 Å². The van der Waals surface area contributed by atoms with Crippen LogP contribution in [-0.4, -0.2) is 35.4 Å². The largest absolute Gasteiger partial charge is 0.456 e. The molecule has 0 bridgehead atoms. The zero-order valence-corrected chi connectivity index (χ0v) is 10.6. The number of hydrogen-bond acceptors (Lipinski definition) is 4. The zero-order valence-electron chi connectivity index (χ0n) is 9.85. The van der Waals surface area contributed by atoms with Crippen molar-refractivity contribution in [1.29, 1.82) is 0 Å². The number of cyclic esters (lactones) is 1. The number of halogens is 3. The topological polar surface area (TPSA) is 42.4 Å². The van der Waals surface area contributed by atoms with E-state index in [1.807, 2.05) is 0 Å². The molecule has 7 heteroatoms. The first-order valence-corrected chi connectivity index (χ1v) is 5.93. The first kappa shape index (κ1) is 16.4. The number of carbonyl (C=O) groups is 1. The molecule has 20 heavy (non-hydrogen) atoms. The average Bonchev–Trinajstić information content (AvgIpc) is 2.77. The second kappa shape index (κ2) is 7.19. The minimum absolute atomic E-state index is 0. The van der Waals surface area contributed by atoms with Crippen LogP contribution in [0.3, 0.4) is 0 Å². The van der Waals surface area contributed by atoms with Crippen LogP contribution in [0.2, 0.25) is 5.15 Å². The maximum Gasteiger partial charge on any atom is 0.333 e. The SMILES string of the molecule is C.O=C1C=C(N(Cc2ccc(Cl)nc2)CC(F)F)CO1. The second-order valence-corrected chi connectivity index (χ2v) is 4.39. The highest BCUT2D eigenvalue weighted by molar-refractivity contribution is 6.29. The third kappa shape index (κ3) is 4.45. The molecular formula is C13H15ClF2N2O2. The van der Waals surface area contributed by atoms with Crippen molar-refractivity contribution < 1.29 is 18.3 Å². The Balaban J connectivity index is 0.00000200. The van der Waals surface area contributed by atoms with Crippen LogP contribution < -0.4 is 0 Å². The molecule has 0 aliphatic carbocycles. The molecule has 1 aliphatic heterocycles. The van der Waals surface area contributed by atoms with Crippen LogP contribution >= 0.6 is 11.6 Å². The number of hydrogen-bond donors (Lipinski definition) is 0. The van der Waals surface area contributed by atoms with Crippen molar-refractivity contribution in [2.75, 3.05) is 13.2 Å². The summed E-state index contributed by atoms with van der Waals surface area (Å²) in [5.74, 6) is -0.511. The molecule has 0 unspecified atom stereocenters. The lowest BCUT2D eigenvalue weighted by atomic mass is 10.2. The molecule has 0 atom stereocenters. The summed E-state index contributed by atoms with van der Waals surface area (Å²) in [6, 6.07) is 3.29. The third-order valence-electron chi connectivity index (χ3n) is 2.57. The smallest absolute Gasteiger partial charge is 0.333 e. The maximum absolute atomic E-state index is 12.6. The van der Waals surface area contributed by atoms with E-state index in [2.05, 4.69) is 4.98 Å². The number of nitrogens with zero attached hydrogens (tertiary/aromatic N) is 2. The number of alkyl halides is 2. The van der Waals surface area contributed by atoms with Gasteiger partial charge in [-0.15, -0.1) is 0 Å². The third-order valence-corrected chi connectivity index (χ3v) is 2.80. The van der Waals surface area contributed by atoms with E-state index in [-0.39, 0.29) is 20.6 Å². The van der Waals surface area contributed by atoms with Crippen LogP contribution in [0.15, 0.2) is 30.1 Å². The van der Waals surface area contributed by atoms with Gasteiger partial charge in [-0.05, 0) is 11.6 Å². The van der Waals surface area contributed by atoms with Crippen molar-refractivity contribution in [3.05, 3.63) is 40.8 Å². The molecule has 1 aromatic heterocycles. The van der Waals surface area contributed by atoms with Crippen molar-refractivity contribution in [2.24, 2.45) is 0 Å². The number of aromatic nitrogens is 1. The Morgan fingerprint density at radius 2 is 2.20 bits per heavy atom. The van der Waals surface area contributed by atoms with Gasteiger partial charge >= 0.3 is 5.97 Å². The molecule has 0 aromatic carbocycles. The fourth-order valence-corrected chi connectivity index (χ4v) is 1.83. The summed E-state index contributed by atoms with van der Waals surface area (Å²) in [6.07, 6.45) is 0.238. The predicted molar refractivity (Wildman–Crippen MR) is 71.4 cm³/mol. The summed E-state index contributed by atoms with van der Waals surface area (Å²) < 4.78 is 29.9. The Hall–Kier alpha value is -1.69. The van der Waals surface area contributed by atoms with Gasteiger partial charge in [-0.3, -0.25) is 0 Å². The molecule has 4 nitrogen and oxygen atoms in total. The fraction of sp³-hybridized carbons (Fsp3) is 0.385. The molecule has 2 rings (SSSR count). The van der Waals surface area contributed by atoms with E-state index in [1.165, 1.54) is 17.2 Å². The number of rotatable bonds is 5. The Morgan fingerprint density at radius 3 is 2.70 bits per heavy atom. The first-order valence-electron chi connectivity index (χ1n) is 5.55. The Kier molecular flexibility index (Phi) is 5.88. The van der Waals surface area contributed by atoms with Crippen LogP contribution in [0.4, 0.5) is 8.78 Å². The minimum Gasteiger partial charge on any atom is -0.456 e. The van der Waals surface area contributed by atoms with Gasteiger partial charge in [0.2, 0.25) is 0 Å². The van der Waals surface area contributed by atoms with Crippen LogP contribution in [-0.2, 0) is 16.1 Å². The van der Waals surface area contributed by atoms with E-state index in [9.17, 15) is 13.6 Å². The number of ether oxygens (including phenoxy) is 1. The van der Waals surface area contributed by atoms with Crippen molar-refractivity contribution in [3.8, 4) is 0 Å². The lowest BCUT2D eigenvalue weighted by Crippen LogP contribution is -2.28. The molecular weight excluding hydrogens is 290 g/mol. The van der Waals surface area contributed by atoms with E-state index in [1.54, 1.807) is 12.1 Å². The van der Waals surface area contributed by atoms with E-state index in [0.717, 1.165) is 5.56 Å². The predicted octanol–water partition coefficient (Wildman–Crippen LogP) is 2.88. The summed E-state index contributed by atoms with van der Waals surface area (Å²) in [5, 5.41) is 0.336. The quantitative estimate of drug-likeness (QED) is 0.620. The normalized spacial score (nSPS) is 13.8. The van der Waals surface area contributed by atoms with Gasteiger partial charge in [0.25, 0.3) is 6.43 Å². The Morgan fingerprint density at radius 1 is 1.45 bits per heavy atom. The standard InChI is InChI=1S/C12H11ClF2N2O2.CH4/c13-10-2-1-8(4-16-10)5-17(6-11(14)15)9-3-12(18)19-7-9;/h1-4,11H,5-7H2;1H4. The van der Waals surface area contributed by atoms with Crippen LogP contribution in [0.5, 0.6) is 0 Å². The summed E-state index contributed by atoms with van der Waals surface area (Å²) in [5.41, 5.74) is 1.17.